The second-order valence-corrected chi connectivity index (χ2v) is 10.0. The molecule has 12 heteroatoms. The standard InChI is InChI=1S/C29H31FN6O5/c1-19(27(31)38)25-16-36(29(39)41-25)22-7-8-23(24(30)13-22)21-14-32-28(33-15-21)35-11-9-34(10-12-35)26(37)18-40-17-20-5-3-2-4-6-20/h2-8,13-15,19,25H,9-12,16-18H2,1H3,(H2,31,38)/t19-,25?/m0/s1. The second-order valence-electron chi connectivity index (χ2n) is 10.0. The first-order valence-electron chi connectivity index (χ1n) is 13.3. The van der Waals surface area contributed by atoms with E-state index < -0.39 is 29.8 Å². The van der Waals surface area contributed by atoms with Crippen LogP contribution in [0.25, 0.3) is 11.1 Å². The van der Waals surface area contributed by atoms with Gasteiger partial charge in [-0.1, -0.05) is 30.3 Å². The lowest BCUT2D eigenvalue weighted by molar-refractivity contribution is -0.136. The number of halogens is 1. The van der Waals surface area contributed by atoms with Crippen molar-refractivity contribution < 1.29 is 28.2 Å². The Kier molecular flexibility index (Phi) is 8.39. The van der Waals surface area contributed by atoms with Crippen LogP contribution in [-0.2, 0) is 25.7 Å². The molecule has 0 radical (unpaired) electrons. The van der Waals surface area contributed by atoms with Crippen molar-refractivity contribution in [2.45, 2.75) is 19.6 Å². The van der Waals surface area contributed by atoms with Gasteiger partial charge in [-0.25, -0.2) is 19.2 Å². The minimum absolute atomic E-state index is 0.0243. The maximum Gasteiger partial charge on any atom is 0.414 e. The predicted molar refractivity (Wildman–Crippen MR) is 148 cm³/mol. The molecule has 2 N–H and O–H groups in total. The third-order valence-corrected chi connectivity index (χ3v) is 7.31. The molecule has 2 aromatic carbocycles. The van der Waals surface area contributed by atoms with Crippen molar-refractivity contribution in [2.24, 2.45) is 11.7 Å². The van der Waals surface area contributed by atoms with E-state index in [4.69, 9.17) is 15.2 Å². The minimum atomic E-state index is -0.698. The van der Waals surface area contributed by atoms with Crippen LogP contribution in [-0.4, -0.2) is 78.2 Å². The molecule has 11 nitrogen and oxygen atoms in total. The molecule has 2 fully saturated rings. The lowest BCUT2D eigenvalue weighted by Crippen LogP contribution is -2.50. The lowest BCUT2D eigenvalue weighted by atomic mass is 10.0. The van der Waals surface area contributed by atoms with E-state index in [-0.39, 0.29) is 24.6 Å². The lowest BCUT2D eigenvalue weighted by Gasteiger charge is -2.34. The monoisotopic (exact) mass is 562 g/mol. The van der Waals surface area contributed by atoms with Crippen LogP contribution in [0.4, 0.5) is 20.8 Å². The minimum Gasteiger partial charge on any atom is -0.443 e. The number of amides is 3. The van der Waals surface area contributed by atoms with Crippen LogP contribution in [0, 0.1) is 11.7 Å². The molecule has 0 bridgehead atoms. The van der Waals surface area contributed by atoms with E-state index in [0.717, 1.165) is 5.56 Å². The van der Waals surface area contributed by atoms with Crippen LogP contribution < -0.4 is 15.5 Å². The van der Waals surface area contributed by atoms with Crippen LogP contribution in [0.2, 0.25) is 0 Å². The van der Waals surface area contributed by atoms with E-state index in [9.17, 15) is 14.4 Å². The summed E-state index contributed by atoms with van der Waals surface area (Å²) in [5.74, 6) is -1.36. The predicted octanol–water partition coefficient (Wildman–Crippen LogP) is 2.59. The molecular weight excluding hydrogens is 531 g/mol. The molecule has 1 unspecified atom stereocenters. The smallest absolute Gasteiger partial charge is 0.414 e. The number of benzene rings is 2. The first-order chi connectivity index (χ1) is 19.8. The molecule has 214 valence electrons. The Morgan fingerprint density at radius 1 is 1.10 bits per heavy atom. The average Bonchev–Trinajstić information content (AvgIpc) is 3.38. The number of nitrogens with zero attached hydrogens (tertiary/aromatic N) is 5. The fourth-order valence-electron chi connectivity index (χ4n) is 4.75. The summed E-state index contributed by atoms with van der Waals surface area (Å²) in [6.45, 7) is 4.26. The van der Waals surface area contributed by atoms with Gasteiger partial charge in [-0.3, -0.25) is 14.5 Å². The van der Waals surface area contributed by atoms with E-state index in [1.807, 2.05) is 35.2 Å². The van der Waals surface area contributed by atoms with Gasteiger partial charge in [0.05, 0.1) is 24.8 Å². The van der Waals surface area contributed by atoms with E-state index in [1.54, 1.807) is 36.4 Å². The van der Waals surface area contributed by atoms with Gasteiger partial charge in [-0.2, -0.15) is 0 Å². The maximum atomic E-state index is 15.1. The summed E-state index contributed by atoms with van der Waals surface area (Å²) in [5, 5.41) is 0. The molecule has 2 aliphatic heterocycles. The van der Waals surface area contributed by atoms with Gasteiger partial charge >= 0.3 is 6.09 Å². The van der Waals surface area contributed by atoms with E-state index >= 15 is 4.39 Å². The molecule has 0 aliphatic carbocycles. The van der Waals surface area contributed by atoms with Gasteiger partial charge in [-0.15, -0.1) is 0 Å². The van der Waals surface area contributed by atoms with Crippen LogP contribution in [0.5, 0.6) is 0 Å². The molecule has 5 rings (SSSR count). The highest BCUT2D eigenvalue weighted by Gasteiger charge is 2.38. The number of hydrogen-bond acceptors (Lipinski definition) is 8. The summed E-state index contributed by atoms with van der Waals surface area (Å²) >= 11 is 0. The number of cyclic esters (lactones) is 1. The molecule has 2 aliphatic rings. The Morgan fingerprint density at radius 3 is 2.46 bits per heavy atom. The van der Waals surface area contributed by atoms with Crippen molar-refractivity contribution in [3.05, 3.63) is 72.3 Å². The van der Waals surface area contributed by atoms with Gasteiger partial charge in [0.2, 0.25) is 17.8 Å². The third-order valence-electron chi connectivity index (χ3n) is 7.31. The Morgan fingerprint density at radius 2 is 1.80 bits per heavy atom. The second kappa shape index (κ2) is 12.3. The summed E-state index contributed by atoms with van der Waals surface area (Å²) in [6, 6.07) is 14.1. The molecule has 0 saturated carbocycles. The first kappa shape index (κ1) is 28.0. The summed E-state index contributed by atoms with van der Waals surface area (Å²) in [7, 11) is 0. The highest BCUT2D eigenvalue weighted by molar-refractivity contribution is 5.91. The first-order valence-corrected chi connectivity index (χ1v) is 13.3. The third kappa shape index (κ3) is 6.43. The zero-order valence-electron chi connectivity index (χ0n) is 22.6. The van der Waals surface area contributed by atoms with Gasteiger partial charge in [0.15, 0.2) is 0 Å². The summed E-state index contributed by atoms with van der Waals surface area (Å²) < 4.78 is 25.9. The molecule has 2 atom stereocenters. The quantitative estimate of drug-likeness (QED) is 0.421. The fraction of sp³-hybridized carbons (Fsp3) is 0.345. The van der Waals surface area contributed by atoms with Crippen molar-refractivity contribution >= 4 is 29.5 Å². The molecular formula is C29H31FN6O5. The van der Waals surface area contributed by atoms with Crippen LogP contribution in [0.15, 0.2) is 60.9 Å². The van der Waals surface area contributed by atoms with Crippen molar-refractivity contribution in [1.82, 2.24) is 14.9 Å². The topological polar surface area (TPSA) is 131 Å². The summed E-state index contributed by atoms with van der Waals surface area (Å²) in [5.41, 5.74) is 7.40. The van der Waals surface area contributed by atoms with Crippen molar-refractivity contribution in [1.29, 1.82) is 0 Å². The number of carbonyl (C=O) groups is 3. The number of piperazine rings is 1. The maximum absolute atomic E-state index is 15.1. The Bertz CT molecular complexity index is 1400. The fourth-order valence-corrected chi connectivity index (χ4v) is 4.75. The number of rotatable bonds is 9. The number of anilines is 2. The van der Waals surface area contributed by atoms with Crippen LogP contribution >= 0.6 is 0 Å². The molecule has 2 saturated heterocycles. The van der Waals surface area contributed by atoms with Gasteiger partial charge < -0.3 is 25.0 Å². The molecule has 3 heterocycles. The number of ether oxygens (including phenoxy) is 2. The Balaban J connectivity index is 1.14. The average molecular weight is 563 g/mol. The largest absolute Gasteiger partial charge is 0.443 e. The normalized spacial score (nSPS) is 17.9. The zero-order valence-corrected chi connectivity index (χ0v) is 22.6. The highest BCUT2D eigenvalue weighted by atomic mass is 19.1. The van der Waals surface area contributed by atoms with E-state index in [2.05, 4.69) is 9.97 Å². The highest BCUT2D eigenvalue weighted by Crippen LogP contribution is 2.30. The van der Waals surface area contributed by atoms with Crippen LogP contribution in [0.1, 0.15) is 12.5 Å². The number of nitrogens with two attached hydrogens (primary N) is 1. The van der Waals surface area contributed by atoms with E-state index in [1.165, 1.54) is 11.0 Å². The number of primary amides is 1. The molecule has 41 heavy (non-hydrogen) atoms. The van der Waals surface area contributed by atoms with Crippen molar-refractivity contribution in [3.8, 4) is 11.1 Å². The Labute approximate surface area is 236 Å². The SMILES string of the molecule is C[C@H](C(N)=O)C1CN(c2ccc(-c3cnc(N4CCN(C(=O)COCc5ccccc5)CC4)nc3)c(F)c2)C(=O)O1. The molecule has 1 aromatic heterocycles. The van der Waals surface area contributed by atoms with Gasteiger partial charge in [-0.05, 0) is 30.7 Å². The summed E-state index contributed by atoms with van der Waals surface area (Å²) in [6.07, 6.45) is 1.73. The van der Waals surface area contributed by atoms with E-state index in [0.29, 0.717) is 50.0 Å². The summed E-state index contributed by atoms with van der Waals surface area (Å²) in [4.78, 5) is 50.1. The number of hydrogen-bond donors (Lipinski definition) is 1. The molecule has 3 aromatic rings. The van der Waals surface area contributed by atoms with Crippen molar-refractivity contribution in [3.63, 3.8) is 0 Å². The number of carbonyl (C=O) groups excluding carboxylic acids is 3. The molecule has 0 spiro atoms. The number of aromatic nitrogens is 2. The van der Waals surface area contributed by atoms with Crippen LogP contribution in [0.3, 0.4) is 0 Å². The zero-order chi connectivity index (χ0) is 28.9. The molecule has 3 amide bonds. The van der Waals surface area contributed by atoms with Crippen molar-refractivity contribution in [2.75, 3.05) is 49.1 Å². The van der Waals surface area contributed by atoms with Gasteiger partial charge in [0.1, 0.15) is 18.5 Å². The Hall–Kier alpha value is -4.58. The van der Waals surface area contributed by atoms with Gasteiger partial charge in [0.25, 0.3) is 0 Å². The van der Waals surface area contributed by atoms with Gasteiger partial charge in [0, 0.05) is 49.7 Å².